The molecule has 0 N–H and O–H groups in total. The zero-order chi connectivity index (χ0) is 15.5. The number of nitrogens with zero attached hydrogens (tertiary/aromatic N) is 2. The van der Waals surface area contributed by atoms with Crippen LogP contribution in [0.4, 0.5) is 0 Å². The number of carbonyl (C=O) groups excluding carboxylic acids is 1. The molecule has 0 spiro atoms. The van der Waals surface area contributed by atoms with Gasteiger partial charge in [0.05, 0.1) is 16.1 Å². The fourth-order valence-corrected chi connectivity index (χ4v) is 3.74. The fraction of sp³-hybridized carbons (Fsp3) is 0.235. The molecule has 0 saturated carbocycles. The molecule has 0 amide bonds. The maximum absolute atomic E-state index is 12.2. The fourth-order valence-electron chi connectivity index (χ4n) is 2.08. The van der Waals surface area contributed by atoms with Gasteiger partial charge in [0.15, 0.2) is 5.78 Å². The molecule has 0 aliphatic carbocycles. The van der Waals surface area contributed by atoms with Gasteiger partial charge in [-0.15, -0.1) is 11.3 Å². The van der Waals surface area contributed by atoms with Crippen molar-refractivity contribution in [3.63, 3.8) is 0 Å². The Balaban J connectivity index is 1.90. The molecule has 0 fully saturated rings. The average molecular weight is 328 g/mol. The van der Waals surface area contributed by atoms with Crippen molar-refractivity contribution in [2.75, 3.05) is 5.75 Å². The standard InChI is InChI=1S/C17H16N2OS2/c1-11(2)16-18-13-7-4-3-6-12(13)17(19-16)22-10-14(20)15-8-5-9-21-15/h3-9,11H,10H2,1-2H3. The van der Waals surface area contributed by atoms with E-state index in [1.807, 2.05) is 41.8 Å². The SMILES string of the molecule is CC(C)c1nc(SCC(=O)c2cccs2)c2ccccc2n1. The number of hydrogen-bond acceptors (Lipinski definition) is 5. The molecule has 0 saturated heterocycles. The first kappa shape index (κ1) is 15.2. The highest BCUT2D eigenvalue weighted by Gasteiger charge is 2.13. The summed E-state index contributed by atoms with van der Waals surface area (Å²) < 4.78 is 0. The first-order valence-corrected chi connectivity index (χ1v) is 8.98. The predicted molar refractivity (Wildman–Crippen MR) is 93.0 cm³/mol. The largest absolute Gasteiger partial charge is 0.292 e. The summed E-state index contributed by atoms with van der Waals surface area (Å²) in [4.78, 5) is 22.2. The summed E-state index contributed by atoms with van der Waals surface area (Å²) in [5.74, 6) is 1.63. The maximum Gasteiger partial charge on any atom is 0.183 e. The first-order valence-electron chi connectivity index (χ1n) is 7.11. The molecule has 2 aromatic heterocycles. The summed E-state index contributed by atoms with van der Waals surface area (Å²) in [7, 11) is 0. The number of fused-ring (bicyclic) bond motifs is 1. The maximum atomic E-state index is 12.2. The van der Waals surface area contributed by atoms with Crippen molar-refractivity contribution in [2.45, 2.75) is 24.8 Å². The predicted octanol–water partition coefficient (Wildman–Crippen LogP) is 4.79. The minimum Gasteiger partial charge on any atom is -0.292 e. The number of ketones is 1. The second-order valence-electron chi connectivity index (χ2n) is 5.25. The van der Waals surface area contributed by atoms with Gasteiger partial charge in [-0.25, -0.2) is 9.97 Å². The summed E-state index contributed by atoms with van der Waals surface area (Å²) in [6.07, 6.45) is 0. The Morgan fingerprint density at radius 1 is 1.18 bits per heavy atom. The smallest absolute Gasteiger partial charge is 0.183 e. The minimum atomic E-state index is 0.147. The number of benzene rings is 1. The highest BCUT2D eigenvalue weighted by Crippen LogP contribution is 2.28. The van der Waals surface area contributed by atoms with Crippen molar-refractivity contribution >= 4 is 39.8 Å². The number of hydrogen-bond donors (Lipinski definition) is 0. The van der Waals surface area contributed by atoms with Crippen molar-refractivity contribution in [3.8, 4) is 0 Å². The molecule has 22 heavy (non-hydrogen) atoms. The van der Waals surface area contributed by atoms with E-state index in [1.54, 1.807) is 0 Å². The molecule has 0 aliphatic heterocycles. The van der Waals surface area contributed by atoms with Crippen molar-refractivity contribution in [3.05, 3.63) is 52.5 Å². The van der Waals surface area contributed by atoms with Gasteiger partial charge in [0.1, 0.15) is 10.9 Å². The second kappa shape index (κ2) is 6.58. The molecular weight excluding hydrogens is 312 g/mol. The molecular formula is C17H16N2OS2. The van der Waals surface area contributed by atoms with Crippen molar-refractivity contribution in [1.82, 2.24) is 9.97 Å². The van der Waals surface area contributed by atoms with Gasteiger partial charge in [-0.05, 0) is 17.5 Å². The summed E-state index contributed by atoms with van der Waals surface area (Å²) in [5, 5.41) is 3.82. The van der Waals surface area contributed by atoms with Crippen LogP contribution < -0.4 is 0 Å². The molecule has 3 rings (SSSR count). The van der Waals surface area contributed by atoms with Crippen LogP contribution in [0, 0.1) is 0 Å². The van der Waals surface area contributed by atoms with Gasteiger partial charge in [-0.2, -0.15) is 0 Å². The Hall–Kier alpha value is -1.72. The third kappa shape index (κ3) is 3.20. The monoisotopic (exact) mass is 328 g/mol. The molecule has 0 aliphatic rings. The van der Waals surface area contributed by atoms with Crippen LogP contribution in [0.1, 0.15) is 35.3 Å². The summed E-state index contributed by atoms with van der Waals surface area (Å²) >= 11 is 2.98. The Labute approximate surface area is 137 Å². The Morgan fingerprint density at radius 3 is 2.73 bits per heavy atom. The molecule has 0 bridgehead atoms. The zero-order valence-electron chi connectivity index (χ0n) is 12.4. The van der Waals surface area contributed by atoms with Gasteiger partial charge >= 0.3 is 0 Å². The lowest BCUT2D eigenvalue weighted by atomic mass is 10.2. The Bertz CT molecular complexity index is 798. The lowest BCUT2D eigenvalue weighted by Gasteiger charge is -2.09. The molecule has 5 heteroatoms. The van der Waals surface area contributed by atoms with Crippen LogP contribution in [0.5, 0.6) is 0 Å². The molecule has 2 heterocycles. The second-order valence-corrected chi connectivity index (χ2v) is 7.16. The number of carbonyl (C=O) groups is 1. The minimum absolute atomic E-state index is 0.147. The number of para-hydroxylation sites is 1. The quantitative estimate of drug-likeness (QED) is 0.384. The highest BCUT2D eigenvalue weighted by atomic mass is 32.2. The van der Waals surface area contributed by atoms with Gasteiger partial charge in [0.2, 0.25) is 0 Å². The van der Waals surface area contributed by atoms with Crippen LogP contribution in [0.25, 0.3) is 10.9 Å². The first-order chi connectivity index (χ1) is 10.6. The van der Waals surface area contributed by atoms with Crippen LogP contribution in [-0.4, -0.2) is 21.5 Å². The van der Waals surface area contributed by atoms with E-state index in [0.717, 1.165) is 26.6 Å². The number of thioether (sulfide) groups is 1. The average Bonchev–Trinajstić information content (AvgIpc) is 3.06. The Morgan fingerprint density at radius 2 is 2.00 bits per heavy atom. The van der Waals surface area contributed by atoms with Crippen LogP contribution in [0.2, 0.25) is 0 Å². The highest BCUT2D eigenvalue weighted by molar-refractivity contribution is 8.00. The molecule has 0 unspecified atom stereocenters. The number of aromatic nitrogens is 2. The van der Waals surface area contributed by atoms with E-state index in [0.29, 0.717) is 5.75 Å². The van der Waals surface area contributed by atoms with Crippen molar-refractivity contribution in [2.24, 2.45) is 0 Å². The van der Waals surface area contributed by atoms with Crippen molar-refractivity contribution in [1.29, 1.82) is 0 Å². The van der Waals surface area contributed by atoms with Crippen LogP contribution in [-0.2, 0) is 0 Å². The number of thiophene rings is 1. The van der Waals surface area contributed by atoms with E-state index < -0.39 is 0 Å². The van der Waals surface area contributed by atoms with Gasteiger partial charge < -0.3 is 0 Å². The lowest BCUT2D eigenvalue weighted by molar-refractivity contribution is 0.102. The topological polar surface area (TPSA) is 42.9 Å². The van der Waals surface area contributed by atoms with E-state index in [4.69, 9.17) is 0 Å². The van der Waals surface area contributed by atoms with Gasteiger partial charge in [0.25, 0.3) is 0 Å². The lowest BCUT2D eigenvalue weighted by Crippen LogP contribution is -2.03. The van der Waals surface area contributed by atoms with E-state index in [-0.39, 0.29) is 11.7 Å². The molecule has 0 radical (unpaired) electrons. The zero-order valence-corrected chi connectivity index (χ0v) is 14.1. The summed E-state index contributed by atoms with van der Waals surface area (Å²) in [6.45, 7) is 4.16. The van der Waals surface area contributed by atoms with Gasteiger partial charge in [0, 0.05) is 11.3 Å². The third-order valence-corrected chi connectivity index (χ3v) is 5.14. The van der Waals surface area contributed by atoms with Crippen LogP contribution in [0.15, 0.2) is 46.8 Å². The van der Waals surface area contributed by atoms with Crippen molar-refractivity contribution < 1.29 is 4.79 Å². The van der Waals surface area contributed by atoms with E-state index >= 15 is 0 Å². The van der Waals surface area contributed by atoms with E-state index in [2.05, 4.69) is 23.8 Å². The molecule has 3 nitrogen and oxygen atoms in total. The molecule has 3 aromatic rings. The van der Waals surface area contributed by atoms with Crippen LogP contribution >= 0.6 is 23.1 Å². The van der Waals surface area contributed by atoms with E-state index in [1.165, 1.54) is 23.1 Å². The summed E-state index contributed by atoms with van der Waals surface area (Å²) in [6, 6.07) is 11.7. The number of rotatable bonds is 5. The normalized spacial score (nSPS) is 11.2. The molecule has 0 atom stereocenters. The van der Waals surface area contributed by atoms with E-state index in [9.17, 15) is 4.79 Å². The molecule has 112 valence electrons. The van der Waals surface area contributed by atoms with Gasteiger partial charge in [-0.3, -0.25) is 4.79 Å². The van der Waals surface area contributed by atoms with Gasteiger partial charge in [-0.1, -0.05) is 49.9 Å². The summed E-state index contributed by atoms with van der Waals surface area (Å²) in [5.41, 5.74) is 0.937. The number of Topliss-reactive ketones (excluding diaryl/α,β-unsaturated/α-hetero) is 1. The van der Waals surface area contributed by atoms with Crippen LogP contribution in [0.3, 0.4) is 0 Å². The molecule has 1 aromatic carbocycles. The Kier molecular flexibility index (Phi) is 4.55. The third-order valence-electron chi connectivity index (χ3n) is 3.24.